The maximum Gasteiger partial charge on any atom is 0.255 e. The van der Waals surface area contributed by atoms with Gasteiger partial charge in [-0.1, -0.05) is 0 Å². The topological polar surface area (TPSA) is 20.3 Å². The molecule has 1 aliphatic heterocycles. The van der Waals surface area contributed by atoms with Gasteiger partial charge in [0.2, 0.25) is 0 Å². The average Bonchev–Trinajstić information content (AvgIpc) is 2.32. The van der Waals surface area contributed by atoms with Crippen LogP contribution in [0.1, 0.15) is 36.5 Å². The van der Waals surface area contributed by atoms with Crippen molar-refractivity contribution in [3.63, 3.8) is 0 Å². The molecular formula is C13H15BrFNO. The molecule has 4 heteroatoms. The zero-order valence-electron chi connectivity index (χ0n) is 9.75. The third-order valence-electron chi connectivity index (χ3n) is 3.22. The van der Waals surface area contributed by atoms with Crippen LogP contribution in [-0.4, -0.2) is 23.4 Å². The molecule has 1 aromatic carbocycles. The molecule has 1 fully saturated rings. The number of nitrogens with zero attached hydrogens (tertiary/aromatic N) is 1. The first kappa shape index (κ1) is 12.6. The molecule has 0 spiro atoms. The van der Waals surface area contributed by atoms with Crippen molar-refractivity contribution in [3.05, 3.63) is 34.1 Å². The maximum atomic E-state index is 13.2. The zero-order valence-corrected chi connectivity index (χ0v) is 11.3. The van der Waals surface area contributed by atoms with Crippen LogP contribution in [0.15, 0.2) is 22.7 Å². The van der Waals surface area contributed by atoms with E-state index in [-0.39, 0.29) is 17.8 Å². The molecule has 1 heterocycles. The normalized spacial score (nSPS) is 20.4. The van der Waals surface area contributed by atoms with Crippen LogP contribution in [0.3, 0.4) is 0 Å². The van der Waals surface area contributed by atoms with Crippen LogP contribution in [0, 0.1) is 5.82 Å². The first-order valence-corrected chi connectivity index (χ1v) is 6.65. The summed E-state index contributed by atoms with van der Waals surface area (Å²) in [6, 6.07) is 4.47. The average molecular weight is 300 g/mol. The summed E-state index contributed by atoms with van der Waals surface area (Å²) in [4.78, 5) is 14.1. The van der Waals surface area contributed by atoms with E-state index in [1.807, 2.05) is 11.8 Å². The number of rotatable bonds is 1. The van der Waals surface area contributed by atoms with E-state index in [0.29, 0.717) is 10.0 Å². The summed E-state index contributed by atoms with van der Waals surface area (Å²) in [6.45, 7) is 2.81. The molecule has 1 unspecified atom stereocenters. The molecule has 1 aliphatic rings. The van der Waals surface area contributed by atoms with Gasteiger partial charge in [0.25, 0.3) is 5.91 Å². The first-order valence-electron chi connectivity index (χ1n) is 5.85. The lowest BCUT2D eigenvalue weighted by atomic mass is 10.0. The van der Waals surface area contributed by atoms with E-state index in [4.69, 9.17) is 0 Å². The summed E-state index contributed by atoms with van der Waals surface area (Å²) in [5.74, 6) is -0.454. The van der Waals surface area contributed by atoms with Crippen molar-refractivity contribution >= 4 is 21.8 Å². The minimum atomic E-state index is -0.374. The predicted molar refractivity (Wildman–Crippen MR) is 68.4 cm³/mol. The summed E-state index contributed by atoms with van der Waals surface area (Å²) in [7, 11) is 0. The van der Waals surface area contributed by atoms with E-state index < -0.39 is 0 Å². The molecule has 1 aromatic rings. The van der Waals surface area contributed by atoms with Gasteiger partial charge in [-0.15, -0.1) is 0 Å². The molecule has 1 atom stereocenters. The molecule has 1 amide bonds. The van der Waals surface area contributed by atoms with Crippen molar-refractivity contribution in [2.24, 2.45) is 0 Å². The highest BCUT2D eigenvalue weighted by molar-refractivity contribution is 9.10. The lowest BCUT2D eigenvalue weighted by Crippen LogP contribution is -2.42. The number of amides is 1. The summed E-state index contributed by atoms with van der Waals surface area (Å²) in [5.41, 5.74) is 0.416. The fraction of sp³-hybridized carbons (Fsp3) is 0.462. The van der Waals surface area contributed by atoms with Crippen LogP contribution in [0.25, 0.3) is 0 Å². The molecule has 0 N–H and O–H groups in total. The highest BCUT2D eigenvalue weighted by atomic mass is 79.9. The van der Waals surface area contributed by atoms with Gasteiger partial charge >= 0.3 is 0 Å². The molecule has 2 rings (SSSR count). The molecule has 1 saturated heterocycles. The van der Waals surface area contributed by atoms with Crippen LogP contribution in [0.5, 0.6) is 0 Å². The molecule has 0 aliphatic carbocycles. The number of hydrogen-bond donors (Lipinski definition) is 0. The number of hydrogen-bond acceptors (Lipinski definition) is 1. The smallest absolute Gasteiger partial charge is 0.255 e. The van der Waals surface area contributed by atoms with Crippen LogP contribution in [-0.2, 0) is 0 Å². The monoisotopic (exact) mass is 299 g/mol. The second-order valence-corrected chi connectivity index (χ2v) is 5.32. The van der Waals surface area contributed by atoms with Gasteiger partial charge in [-0.2, -0.15) is 0 Å². The summed E-state index contributed by atoms with van der Waals surface area (Å²) in [5, 5.41) is 0. The van der Waals surface area contributed by atoms with Gasteiger partial charge in [-0.25, -0.2) is 4.39 Å². The molecule has 0 radical (unpaired) electrons. The standard InChI is InChI=1S/C13H15BrFNO/c1-9-4-2-3-7-16(9)13(17)11-8-10(15)5-6-12(11)14/h5-6,8-9H,2-4,7H2,1H3. The van der Waals surface area contributed by atoms with Crippen LogP contribution in [0.4, 0.5) is 4.39 Å². The Morgan fingerprint density at radius 3 is 2.94 bits per heavy atom. The van der Waals surface area contributed by atoms with E-state index >= 15 is 0 Å². The number of likely N-dealkylation sites (tertiary alicyclic amines) is 1. The van der Waals surface area contributed by atoms with Gasteiger partial charge in [0.1, 0.15) is 5.82 Å². The Bertz CT molecular complexity index is 435. The fourth-order valence-electron chi connectivity index (χ4n) is 2.22. The number of carbonyl (C=O) groups excluding carboxylic acids is 1. The Balaban J connectivity index is 2.26. The predicted octanol–water partition coefficient (Wildman–Crippen LogP) is 3.60. The molecule has 0 aromatic heterocycles. The van der Waals surface area contributed by atoms with Gasteiger partial charge in [-0.3, -0.25) is 4.79 Å². The summed E-state index contributed by atoms with van der Waals surface area (Å²) >= 11 is 3.30. The highest BCUT2D eigenvalue weighted by Gasteiger charge is 2.25. The third kappa shape index (κ3) is 2.68. The van der Waals surface area contributed by atoms with E-state index in [0.717, 1.165) is 25.8 Å². The Kier molecular flexibility index (Phi) is 3.82. The van der Waals surface area contributed by atoms with Crippen LogP contribution in [0.2, 0.25) is 0 Å². The van der Waals surface area contributed by atoms with E-state index in [2.05, 4.69) is 15.9 Å². The lowest BCUT2D eigenvalue weighted by molar-refractivity contribution is 0.0634. The van der Waals surface area contributed by atoms with Crippen LogP contribution >= 0.6 is 15.9 Å². The van der Waals surface area contributed by atoms with E-state index in [1.54, 1.807) is 6.07 Å². The second kappa shape index (κ2) is 5.17. The van der Waals surface area contributed by atoms with Crippen molar-refractivity contribution in [2.75, 3.05) is 6.54 Å². The minimum absolute atomic E-state index is 0.0800. The number of carbonyl (C=O) groups is 1. The second-order valence-electron chi connectivity index (χ2n) is 4.47. The molecule has 0 bridgehead atoms. The van der Waals surface area contributed by atoms with Gasteiger partial charge in [0, 0.05) is 17.1 Å². The zero-order chi connectivity index (χ0) is 12.4. The van der Waals surface area contributed by atoms with Crippen molar-refractivity contribution in [3.8, 4) is 0 Å². The Morgan fingerprint density at radius 2 is 2.24 bits per heavy atom. The van der Waals surface area contributed by atoms with Gasteiger partial charge in [-0.05, 0) is 60.3 Å². The van der Waals surface area contributed by atoms with Gasteiger partial charge < -0.3 is 4.90 Å². The lowest BCUT2D eigenvalue weighted by Gasteiger charge is -2.33. The summed E-state index contributed by atoms with van der Waals surface area (Å²) in [6.07, 6.45) is 3.22. The van der Waals surface area contributed by atoms with E-state index in [1.165, 1.54) is 12.1 Å². The largest absolute Gasteiger partial charge is 0.336 e. The number of halogens is 2. The molecule has 2 nitrogen and oxygen atoms in total. The van der Waals surface area contributed by atoms with Crippen molar-refractivity contribution in [1.82, 2.24) is 4.90 Å². The molecule has 17 heavy (non-hydrogen) atoms. The quantitative estimate of drug-likeness (QED) is 0.776. The van der Waals surface area contributed by atoms with Gasteiger partial charge in [0.15, 0.2) is 0 Å². The number of benzene rings is 1. The first-order chi connectivity index (χ1) is 8.09. The summed E-state index contributed by atoms with van der Waals surface area (Å²) < 4.78 is 13.8. The van der Waals surface area contributed by atoms with Crippen molar-refractivity contribution in [2.45, 2.75) is 32.2 Å². The van der Waals surface area contributed by atoms with Crippen molar-refractivity contribution < 1.29 is 9.18 Å². The Hall–Kier alpha value is -0.900. The van der Waals surface area contributed by atoms with Crippen LogP contribution < -0.4 is 0 Å². The highest BCUT2D eigenvalue weighted by Crippen LogP contribution is 2.24. The molecule has 0 saturated carbocycles. The molecule has 92 valence electrons. The van der Waals surface area contributed by atoms with Crippen molar-refractivity contribution in [1.29, 1.82) is 0 Å². The Labute approximate surface area is 109 Å². The Morgan fingerprint density at radius 1 is 1.47 bits per heavy atom. The number of piperidine rings is 1. The maximum absolute atomic E-state index is 13.2. The third-order valence-corrected chi connectivity index (χ3v) is 3.91. The van der Waals surface area contributed by atoms with E-state index in [9.17, 15) is 9.18 Å². The molecular weight excluding hydrogens is 285 g/mol. The fourth-order valence-corrected chi connectivity index (χ4v) is 2.63. The minimum Gasteiger partial charge on any atom is -0.336 e. The SMILES string of the molecule is CC1CCCCN1C(=O)c1cc(F)ccc1Br. The van der Waals surface area contributed by atoms with Gasteiger partial charge in [0.05, 0.1) is 5.56 Å².